The zero-order valence-corrected chi connectivity index (χ0v) is 44.9. The van der Waals surface area contributed by atoms with Gasteiger partial charge in [0.1, 0.15) is 16.7 Å². The predicted molar refractivity (Wildman–Crippen MR) is 305 cm³/mol. The molecule has 2 aromatic heterocycles. The maximum Gasteiger partial charge on any atom is 0.337 e. The van der Waals surface area contributed by atoms with Gasteiger partial charge in [-0.3, -0.25) is 0 Å². The van der Waals surface area contributed by atoms with Crippen LogP contribution in [0, 0.1) is 6.92 Å². The van der Waals surface area contributed by atoms with Gasteiger partial charge in [0.15, 0.2) is 5.58 Å². The Morgan fingerprint density at radius 1 is 0.403 bits per heavy atom. The molecule has 0 N–H and O–H groups in total. The Kier molecular flexibility index (Phi) is 8.71. The molecule has 0 fully saturated rings. The molecule has 0 radical (unpaired) electrons. The average molecular weight is 945 g/mol. The fourth-order valence-corrected chi connectivity index (χ4v) is 14.7. The lowest BCUT2D eigenvalue weighted by Gasteiger charge is -2.49. The van der Waals surface area contributed by atoms with E-state index in [1.807, 2.05) is 0 Å². The number of rotatable bonds is 2. The molecule has 4 heterocycles. The molecule has 5 aliphatic rings. The van der Waals surface area contributed by atoms with Crippen LogP contribution in [0.1, 0.15) is 161 Å². The number of benzene rings is 7. The zero-order chi connectivity index (χ0) is 50.0. The van der Waals surface area contributed by atoms with E-state index in [0.29, 0.717) is 0 Å². The van der Waals surface area contributed by atoms with Gasteiger partial charge in [0, 0.05) is 55.3 Å². The third kappa shape index (κ3) is 5.88. The van der Waals surface area contributed by atoms with Crippen LogP contribution in [0.3, 0.4) is 0 Å². The van der Waals surface area contributed by atoms with Gasteiger partial charge in [-0.2, -0.15) is 0 Å². The van der Waals surface area contributed by atoms with Crippen molar-refractivity contribution in [2.75, 3.05) is 9.71 Å². The first kappa shape index (κ1) is 44.5. The highest BCUT2D eigenvalue weighted by Crippen LogP contribution is 2.58. The largest absolute Gasteiger partial charge is 0.456 e. The van der Waals surface area contributed by atoms with Gasteiger partial charge in [-0.25, -0.2) is 0 Å². The van der Waals surface area contributed by atoms with Gasteiger partial charge in [-0.1, -0.05) is 132 Å². The third-order valence-corrected chi connectivity index (χ3v) is 19.6. The molecule has 0 bridgehead atoms. The molecule has 3 aliphatic carbocycles. The van der Waals surface area contributed by atoms with Crippen molar-refractivity contribution >= 4 is 90.1 Å². The Hall–Kier alpha value is -6.20. The summed E-state index contributed by atoms with van der Waals surface area (Å²) in [4.78, 5) is 5.39. The number of aryl methyl sites for hydroxylation is 1. The maximum absolute atomic E-state index is 7.37. The standard InChI is InChI=1S/C67H69BN2O2/c1-38-32-47-50(66(10,11)30-28-63(47,4)5)36-53(38)69-52-25-23-42-40-18-14-16-20-55(40)71-60(42)58(52)68-57-44(34-45-41-19-15-17-21-56(41)72-61(45)59(57)69)43-35-49-51(67(12,13)31-29-65(49,8)9)37-54(43)70(68)39-22-24-46-48(33-39)64(6,7)27-26-62(46,2)3/h14-25,32-37H,26-31H2,1-13H3. The minimum absolute atomic E-state index is 0.00314. The summed E-state index contributed by atoms with van der Waals surface area (Å²) in [7, 11) is 0. The number of fused-ring (bicyclic) bond motifs is 15. The van der Waals surface area contributed by atoms with Crippen molar-refractivity contribution in [2.24, 2.45) is 0 Å². The number of para-hydroxylation sites is 2. The monoisotopic (exact) mass is 945 g/mol. The number of nitrogens with zero attached hydrogens (tertiary/aromatic N) is 2. The summed E-state index contributed by atoms with van der Waals surface area (Å²) in [6.45, 7) is 31.6. The minimum atomic E-state index is -0.264. The van der Waals surface area contributed by atoms with Crippen molar-refractivity contribution < 1.29 is 8.83 Å². The summed E-state index contributed by atoms with van der Waals surface area (Å²) in [6.07, 6.45) is 6.92. The molecular formula is C67H69BN2O2. The van der Waals surface area contributed by atoms with Crippen LogP contribution in [-0.2, 0) is 32.5 Å². The van der Waals surface area contributed by atoms with Crippen molar-refractivity contribution in [1.29, 1.82) is 0 Å². The predicted octanol–water partition coefficient (Wildman–Crippen LogP) is 17.5. The molecule has 2 aliphatic heterocycles. The van der Waals surface area contributed by atoms with E-state index in [4.69, 9.17) is 8.83 Å². The van der Waals surface area contributed by atoms with Crippen LogP contribution in [0.15, 0.2) is 118 Å². The Balaban J connectivity index is 1.19. The second kappa shape index (κ2) is 14.1. The molecule has 14 rings (SSSR count). The van der Waals surface area contributed by atoms with Gasteiger partial charge < -0.3 is 18.5 Å². The lowest BCUT2D eigenvalue weighted by molar-refractivity contribution is 0.332. The van der Waals surface area contributed by atoms with Gasteiger partial charge >= 0.3 is 6.85 Å². The van der Waals surface area contributed by atoms with E-state index in [2.05, 4.69) is 209 Å². The lowest BCUT2D eigenvalue weighted by Crippen LogP contribution is -2.62. The van der Waals surface area contributed by atoms with Crippen molar-refractivity contribution in [3.8, 4) is 11.1 Å². The fourth-order valence-electron chi connectivity index (χ4n) is 14.7. The third-order valence-electron chi connectivity index (χ3n) is 19.6. The van der Waals surface area contributed by atoms with Crippen LogP contribution < -0.4 is 20.6 Å². The van der Waals surface area contributed by atoms with Crippen molar-refractivity contribution in [3.63, 3.8) is 0 Å². The molecule has 0 atom stereocenters. The maximum atomic E-state index is 7.37. The molecule has 0 saturated heterocycles. The van der Waals surface area contributed by atoms with Crippen molar-refractivity contribution in [3.05, 3.63) is 148 Å². The van der Waals surface area contributed by atoms with Crippen LogP contribution in [0.2, 0.25) is 0 Å². The zero-order valence-electron chi connectivity index (χ0n) is 44.9. The van der Waals surface area contributed by atoms with Gasteiger partial charge in [0.2, 0.25) is 0 Å². The quantitative estimate of drug-likeness (QED) is 0.162. The smallest absolute Gasteiger partial charge is 0.337 e. The summed E-state index contributed by atoms with van der Waals surface area (Å²) < 4.78 is 14.7. The van der Waals surface area contributed by atoms with Crippen LogP contribution >= 0.6 is 0 Å². The van der Waals surface area contributed by atoms with Crippen LogP contribution in [0.4, 0.5) is 28.4 Å². The van der Waals surface area contributed by atoms with E-state index in [1.54, 1.807) is 0 Å². The van der Waals surface area contributed by atoms with E-state index >= 15 is 0 Å². The molecule has 4 nitrogen and oxygen atoms in total. The van der Waals surface area contributed by atoms with E-state index in [9.17, 15) is 0 Å². The van der Waals surface area contributed by atoms with Gasteiger partial charge in [-0.05, 0) is 189 Å². The van der Waals surface area contributed by atoms with E-state index < -0.39 is 0 Å². The van der Waals surface area contributed by atoms with Crippen molar-refractivity contribution in [1.82, 2.24) is 0 Å². The van der Waals surface area contributed by atoms with Gasteiger partial charge in [0.25, 0.3) is 0 Å². The first-order valence-corrected chi connectivity index (χ1v) is 27.1. The molecule has 72 heavy (non-hydrogen) atoms. The molecule has 7 aromatic carbocycles. The number of hydrogen-bond acceptors (Lipinski definition) is 4. The average Bonchev–Trinajstić information content (AvgIpc) is 3.92. The van der Waals surface area contributed by atoms with Gasteiger partial charge in [0.05, 0.1) is 5.69 Å². The summed E-state index contributed by atoms with van der Waals surface area (Å²) in [5, 5.41) is 4.60. The summed E-state index contributed by atoms with van der Waals surface area (Å²) >= 11 is 0. The molecule has 0 amide bonds. The molecule has 9 aromatic rings. The highest BCUT2D eigenvalue weighted by Gasteiger charge is 2.51. The number of furan rings is 2. The van der Waals surface area contributed by atoms with Crippen molar-refractivity contribution in [2.45, 2.75) is 161 Å². The Bertz CT molecular complexity index is 3870. The molecule has 5 heteroatoms. The molecule has 0 unspecified atom stereocenters. The highest BCUT2D eigenvalue weighted by molar-refractivity contribution is 6.95. The first-order chi connectivity index (χ1) is 34.1. The van der Waals surface area contributed by atoms with E-state index in [1.165, 1.54) is 90.9 Å². The topological polar surface area (TPSA) is 32.8 Å². The van der Waals surface area contributed by atoms with E-state index in [-0.39, 0.29) is 39.3 Å². The number of anilines is 5. The second-order valence-corrected chi connectivity index (χ2v) is 26.9. The van der Waals surface area contributed by atoms with Gasteiger partial charge in [-0.15, -0.1) is 0 Å². The van der Waals surface area contributed by atoms with E-state index in [0.717, 1.165) is 80.9 Å². The summed E-state index contributed by atoms with van der Waals surface area (Å²) in [5.41, 5.74) is 25.0. The molecule has 0 saturated carbocycles. The minimum Gasteiger partial charge on any atom is -0.456 e. The lowest BCUT2D eigenvalue weighted by atomic mass is 9.42. The van der Waals surface area contributed by atoms with Crippen LogP contribution in [-0.4, -0.2) is 6.85 Å². The van der Waals surface area contributed by atoms with Crippen LogP contribution in [0.25, 0.3) is 55.0 Å². The number of hydrogen-bond donors (Lipinski definition) is 0. The summed E-state index contributed by atoms with van der Waals surface area (Å²) in [6, 6.07) is 42.6. The SMILES string of the molecule is Cc1cc2c(cc1N1c3ccc4c(oc5ccccc54)c3B3c4c(cc5c(oc6ccccc65)c41)-c1cc4c(cc1N3c1ccc3c(c1)C(C)(C)CCC3(C)C)C(C)(C)CCC4(C)C)C(C)(C)CCC2(C)C. The molecule has 0 spiro atoms. The Morgan fingerprint density at radius 3 is 1.51 bits per heavy atom. The normalized spacial score (nSPS) is 20.3. The summed E-state index contributed by atoms with van der Waals surface area (Å²) in [5.74, 6) is 0. The molecular weight excluding hydrogens is 876 g/mol. The first-order valence-electron chi connectivity index (χ1n) is 27.1. The fraction of sp³-hybridized carbons (Fsp3) is 0.373. The molecule has 362 valence electrons. The highest BCUT2D eigenvalue weighted by atomic mass is 16.3. The second-order valence-electron chi connectivity index (χ2n) is 26.9. The Labute approximate surface area is 426 Å². The van der Waals surface area contributed by atoms with Crippen LogP contribution in [0.5, 0.6) is 0 Å². The Morgan fingerprint density at radius 2 is 0.903 bits per heavy atom.